The molecule has 2 rings (SSSR count). The van der Waals surface area contributed by atoms with Crippen LogP contribution in [0, 0.1) is 0 Å². The van der Waals surface area contributed by atoms with Crippen molar-refractivity contribution in [3.05, 3.63) is 24.0 Å². The van der Waals surface area contributed by atoms with Crippen LogP contribution in [0.1, 0.15) is 17.4 Å². The van der Waals surface area contributed by atoms with E-state index in [4.69, 9.17) is 0 Å². The van der Waals surface area contributed by atoms with Gasteiger partial charge < -0.3 is 15.6 Å². The third-order valence-corrected chi connectivity index (χ3v) is 2.52. The van der Waals surface area contributed by atoms with Crippen LogP contribution in [-0.2, 0) is 4.79 Å². The second kappa shape index (κ2) is 3.86. The van der Waals surface area contributed by atoms with Crippen molar-refractivity contribution in [1.29, 1.82) is 0 Å². The number of hydrogen-bond acceptors (Lipinski definition) is 3. The average molecular weight is 207 g/mol. The zero-order valence-electron chi connectivity index (χ0n) is 8.41. The number of carbonyl (C=O) groups excluding carboxylic acids is 2. The van der Waals surface area contributed by atoms with Gasteiger partial charge in [-0.2, -0.15) is 0 Å². The first kappa shape index (κ1) is 9.92. The number of aromatic nitrogens is 1. The van der Waals surface area contributed by atoms with E-state index in [2.05, 4.69) is 15.6 Å². The maximum absolute atomic E-state index is 11.8. The predicted molar refractivity (Wildman–Crippen MR) is 54.5 cm³/mol. The van der Waals surface area contributed by atoms with Crippen molar-refractivity contribution in [3.63, 3.8) is 0 Å². The van der Waals surface area contributed by atoms with Crippen molar-refractivity contribution in [1.82, 2.24) is 15.6 Å². The van der Waals surface area contributed by atoms with E-state index >= 15 is 0 Å². The second-order valence-electron chi connectivity index (χ2n) is 3.64. The number of hydrogen-bond donors (Lipinski definition) is 3. The van der Waals surface area contributed by atoms with E-state index in [-0.39, 0.29) is 17.7 Å². The molecule has 1 aliphatic rings. The molecule has 1 fully saturated rings. The normalized spacial score (nSPS) is 26.1. The van der Waals surface area contributed by atoms with Crippen LogP contribution in [0.5, 0.6) is 0 Å². The van der Waals surface area contributed by atoms with Gasteiger partial charge in [0.25, 0.3) is 0 Å². The van der Waals surface area contributed by atoms with Crippen molar-refractivity contribution in [2.75, 3.05) is 6.54 Å². The fourth-order valence-electron chi connectivity index (χ4n) is 1.56. The molecule has 0 bridgehead atoms. The van der Waals surface area contributed by atoms with Crippen LogP contribution in [0.4, 0.5) is 0 Å². The van der Waals surface area contributed by atoms with E-state index < -0.39 is 6.04 Å². The topological polar surface area (TPSA) is 74.0 Å². The van der Waals surface area contributed by atoms with E-state index in [0.29, 0.717) is 12.2 Å². The van der Waals surface area contributed by atoms with Crippen LogP contribution in [0.15, 0.2) is 18.3 Å². The Balaban J connectivity index is 2.07. The Morgan fingerprint density at radius 1 is 1.53 bits per heavy atom. The molecular formula is C10H13N3O2. The smallest absolute Gasteiger partial charge is 0.237 e. The van der Waals surface area contributed by atoms with Crippen LogP contribution >= 0.6 is 0 Å². The lowest BCUT2D eigenvalue weighted by molar-refractivity contribution is -0.124. The first-order valence-corrected chi connectivity index (χ1v) is 4.90. The number of nitrogens with one attached hydrogen (secondary N) is 3. The summed E-state index contributed by atoms with van der Waals surface area (Å²) >= 11 is 0. The number of H-pyrrole nitrogens is 1. The monoisotopic (exact) mass is 207 g/mol. The summed E-state index contributed by atoms with van der Waals surface area (Å²) < 4.78 is 0. The molecule has 1 aromatic rings. The molecule has 1 aliphatic heterocycles. The zero-order valence-corrected chi connectivity index (χ0v) is 8.41. The molecule has 5 heteroatoms. The van der Waals surface area contributed by atoms with Gasteiger partial charge in [-0.1, -0.05) is 0 Å². The number of amides is 1. The molecule has 15 heavy (non-hydrogen) atoms. The van der Waals surface area contributed by atoms with Gasteiger partial charge in [-0.3, -0.25) is 9.59 Å². The molecule has 1 unspecified atom stereocenters. The van der Waals surface area contributed by atoms with Gasteiger partial charge in [0, 0.05) is 12.7 Å². The molecule has 0 radical (unpaired) electrons. The SMILES string of the molecule is C[C@@H]1NCC(C(=O)c2ccc[nH]2)NC1=O. The minimum Gasteiger partial charge on any atom is -0.359 e. The van der Waals surface area contributed by atoms with Crippen molar-refractivity contribution in [2.45, 2.75) is 19.0 Å². The minimum absolute atomic E-state index is 0.0900. The molecule has 0 saturated carbocycles. The van der Waals surface area contributed by atoms with Gasteiger partial charge in [-0.05, 0) is 19.1 Å². The Bertz CT molecular complexity index is 372. The standard InChI is InChI=1S/C10H13N3O2/c1-6-10(15)13-8(5-12-6)9(14)7-3-2-4-11-7/h2-4,6,8,11-12H,5H2,1H3,(H,13,15)/t6-,8?/m0/s1. The molecule has 1 aromatic heterocycles. The van der Waals surface area contributed by atoms with Gasteiger partial charge in [0.15, 0.2) is 0 Å². The van der Waals surface area contributed by atoms with Crippen LogP contribution in [0.25, 0.3) is 0 Å². The highest BCUT2D eigenvalue weighted by Crippen LogP contribution is 2.03. The molecule has 80 valence electrons. The highest BCUT2D eigenvalue weighted by Gasteiger charge is 2.29. The van der Waals surface area contributed by atoms with E-state index in [1.54, 1.807) is 25.3 Å². The number of ketones is 1. The minimum atomic E-state index is -0.465. The Morgan fingerprint density at radius 2 is 2.33 bits per heavy atom. The number of aromatic amines is 1. The quantitative estimate of drug-likeness (QED) is 0.581. The third kappa shape index (κ3) is 1.92. The molecule has 2 heterocycles. The van der Waals surface area contributed by atoms with Gasteiger partial charge >= 0.3 is 0 Å². The number of rotatable bonds is 2. The Morgan fingerprint density at radius 3 is 2.93 bits per heavy atom. The summed E-state index contributed by atoms with van der Waals surface area (Å²) in [6.45, 7) is 2.25. The molecule has 0 aliphatic carbocycles. The summed E-state index contributed by atoms with van der Waals surface area (Å²) in [4.78, 5) is 26.0. The molecular weight excluding hydrogens is 194 g/mol. The van der Waals surface area contributed by atoms with E-state index in [1.807, 2.05) is 0 Å². The van der Waals surface area contributed by atoms with Gasteiger partial charge in [0.2, 0.25) is 11.7 Å². The van der Waals surface area contributed by atoms with Gasteiger partial charge in [-0.25, -0.2) is 0 Å². The molecule has 1 saturated heterocycles. The lowest BCUT2D eigenvalue weighted by Crippen LogP contribution is -2.59. The molecule has 0 aromatic carbocycles. The zero-order chi connectivity index (χ0) is 10.8. The summed E-state index contributed by atoms with van der Waals surface area (Å²) in [5.74, 6) is -0.223. The highest BCUT2D eigenvalue weighted by molar-refractivity contribution is 6.01. The van der Waals surface area contributed by atoms with Crippen LogP contribution in [0.3, 0.4) is 0 Å². The number of carbonyl (C=O) groups is 2. The first-order chi connectivity index (χ1) is 7.18. The summed E-state index contributed by atoms with van der Waals surface area (Å²) in [6.07, 6.45) is 1.69. The van der Waals surface area contributed by atoms with Crippen molar-refractivity contribution < 1.29 is 9.59 Å². The van der Waals surface area contributed by atoms with E-state index in [9.17, 15) is 9.59 Å². The summed E-state index contributed by atoms with van der Waals surface area (Å²) in [5, 5.41) is 5.66. The first-order valence-electron chi connectivity index (χ1n) is 4.90. The van der Waals surface area contributed by atoms with Crippen molar-refractivity contribution in [3.8, 4) is 0 Å². The lowest BCUT2D eigenvalue weighted by atomic mass is 10.1. The van der Waals surface area contributed by atoms with E-state index in [1.165, 1.54) is 0 Å². The van der Waals surface area contributed by atoms with Crippen LogP contribution in [0.2, 0.25) is 0 Å². The van der Waals surface area contributed by atoms with Crippen molar-refractivity contribution in [2.24, 2.45) is 0 Å². The predicted octanol–water partition coefficient (Wildman–Crippen LogP) is -0.326. The van der Waals surface area contributed by atoms with Crippen LogP contribution in [-0.4, -0.2) is 35.3 Å². The molecule has 1 amide bonds. The summed E-state index contributed by atoms with van der Waals surface area (Å²) in [6, 6.07) is 2.77. The fraction of sp³-hybridized carbons (Fsp3) is 0.400. The van der Waals surface area contributed by atoms with Crippen LogP contribution < -0.4 is 10.6 Å². The Labute approximate surface area is 87.2 Å². The molecule has 0 spiro atoms. The Kier molecular flexibility index (Phi) is 2.55. The largest absolute Gasteiger partial charge is 0.359 e. The van der Waals surface area contributed by atoms with Gasteiger partial charge in [0.05, 0.1) is 11.7 Å². The summed E-state index contributed by atoms with van der Waals surface area (Å²) in [5.41, 5.74) is 0.525. The van der Waals surface area contributed by atoms with Gasteiger partial charge in [0.1, 0.15) is 6.04 Å². The van der Waals surface area contributed by atoms with Crippen molar-refractivity contribution >= 4 is 11.7 Å². The number of Topliss-reactive ketones (excluding diaryl/α,β-unsaturated/α-hetero) is 1. The molecule has 3 N–H and O–H groups in total. The average Bonchev–Trinajstić information content (AvgIpc) is 2.74. The molecule has 5 nitrogen and oxygen atoms in total. The fourth-order valence-corrected chi connectivity index (χ4v) is 1.56. The Hall–Kier alpha value is -1.62. The summed E-state index contributed by atoms with van der Waals surface area (Å²) in [7, 11) is 0. The van der Waals surface area contributed by atoms with Gasteiger partial charge in [-0.15, -0.1) is 0 Å². The highest BCUT2D eigenvalue weighted by atomic mass is 16.2. The third-order valence-electron chi connectivity index (χ3n) is 2.52. The van der Waals surface area contributed by atoms with E-state index in [0.717, 1.165) is 0 Å². The maximum Gasteiger partial charge on any atom is 0.237 e. The second-order valence-corrected chi connectivity index (χ2v) is 3.64. The maximum atomic E-state index is 11.8. The lowest BCUT2D eigenvalue weighted by Gasteiger charge is -2.27. The molecule has 2 atom stereocenters. The number of piperazine rings is 1.